The van der Waals surface area contributed by atoms with E-state index in [-0.39, 0.29) is 23.1 Å². The van der Waals surface area contributed by atoms with Crippen molar-refractivity contribution in [3.05, 3.63) is 29.8 Å². The number of aliphatic carboxylic acids is 1. The number of anilines is 1. The van der Waals surface area contributed by atoms with Crippen LogP contribution in [0.25, 0.3) is 0 Å². The van der Waals surface area contributed by atoms with Gasteiger partial charge in [0.2, 0.25) is 11.8 Å². The van der Waals surface area contributed by atoms with Gasteiger partial charge in [0, 0.05) is 44.3 Å². The molecule has 1 spiro atoms. The zero-order valence-electron chi connectivity index (χ0n) is 19.1. The van der Waals surface area contributed by atoms with Crippen molar-refractivity contribution < 1.29 is 19.5 Å². The Labute approximate surface area is 189 Å². The van der Waals surface area contributed by atoms with Crippen molar-refractivity contribution in [2.24, 2.45) is 23.0 Å². The summed E-state index contributed by atoms with van der Waals surface area (Å²) in [5.41, 5.74) is 7.56. The number of carbonyl (C=O) groups is 3. The van der Waals surface area contributed by atoms with Gasteiger partial charge in [0.05, 0.1) is 5.92 Å². The molecule has 2 saturated heterocycles. The lowest BCUT2D eigenvalue weighted by Crippen LogP contribution is -2.60. The summed E-state index contributed by atoms with van der Waals surface area (Å²) in [6.45, 7) is 9.55. The molecular weight excluding hydrogens is 408 g/mol. The Bertz CT molecular complexity index is 902. The fourth-order valence-electron chi connectivity index (χ4n) is 5.30. The molecule has 1 saturated carbocycles. The van der Waals surface area contributed by atoms with E-state index in [0.29, 0.717) is 45.6 Å². The van der Waals surface area contributed by atoms with Crippen molar-refractivity contribution in [3.8, 4) is 0 Å². The van der Waals surface area contributed by atoms with E-state index < -0.39 is 23.3 Å². The predicted molar refractivity (Wildman–Crippen MR) is 121 cm³/mol. The smallest absolute Gasteiger partial charge is 0.308 e. The van der Waals surface area contributed by atoms with E-state index in [4.69, 9.17) is 5.73 Å². The van der Waals surface area contributed by atoms with Crippen LogP contribution in [0.2, 0.25) is 0 Å². The Hall–Kier alpha value is -2.61. The highest BCUT2D eigenvalue weighted by Crippen LogP contribution is 2.58. The highest BCUT2D eigenvalue weighted by Gasteiger charge is 2.62. The summed E-state index contributed by atoms with van der Waals surface area (Å²) in [4.78, 5) is 40.7. The summed E-state index contributed by atoms with van der Waals surface area (Å²) in [6, 6.07) is 7.81. The number of rotatable bonds is 4. The first-order valence-corrected chi connectivity index (χ1v) is 11.4. The first-order valence-electron chi connectivity index (χ1n) is 11.4. The minimum absolute atomic E-state index is 0.105. The second-order valence-electron chi connectivity index (χ2n) is 10.6. The van der Waals surface area contributed by atoms with Gasteiger partial charge in [-0.3, -0.25) is 14.4 Å². The van der Waals surface area contributed by atoms with Gasteiger partial charge < -0.3 is 26.0 Å². The molecule has 0 radical (unpaired) electrons. The van der Waals surface area contributed by atoms with Gasteiger partial charge in [-0.1, -0.05) is 32.9 Å². The van der Waals surface area contributed by atoms with Crippen LogP contribution in [-0.4, -0.2) is 66.6 Å². The van der Waals surface area contributed by atoms with Crippen LogP contribution in [0, 0.1) is 17.3 Å². The highest BCUT2D eigenvalue weighted by atomic mass is 16.4. The molecule has 1 aliphatic carbocycles. The van der Waals surface area contributed by atoms with Gasteiger partial charge in [-0.25, -0.2) is 0 Å². The maximum atomic E-state index is 13.2. The van der Waals surface area contributed by atoms with Crippen LogP contribution in [0.15, 0.2) is 24.3 Å². The van der Waals surface area contributed by atoms with E-state index in [9.17, 15) is 19.5 Å². The number of hydrogen-bond acceptors (Lipinski definition) is 5. The van der Waals surface area contributed by atoms with Crippen LogP contribution in [0.3, 0.4) is 0 Å². The summed E-state index contributed by atoms with van der Waals surface area (Å²) in [5.74, 6) is -2.68. The van der Waals surface area contributed by atoms with Crippen molar-refractivity contribution in [1.82, 2.24) is 10.2 Å². The number of nitrogens with two attached hydrogens (primary N) is 1. The van der Waals surface area contributed by atoms with Crippen LogP contribution >= 0.6 is 0 Å². The number of carbonyl (C=O) groups excluding carboxylic acids is 2. The van der Waals surface area contributed by atoms with E-state index >= 15 is 0 Å². The maximum Gasteiger partial charge on any atom is 0.308 e. The molecular formula is C24H34N4O4. The van der Waals surface area contributed by atoms with E-state index in [1.165, 1.54) is 5.56 Å². The van der Waals surface area contributed by atoms with E-state index in [1.54, 1.807) is 4.90 Å². The van der Waals surface area contributed by atoms with Crippen LogP contribution < -0.4 is 16.0 Å². The van der Waals surface area contributed by atoms with E-state index in [0.717, 1.165) is 5.69 Å². The Balaban J connectivity index is 1.37. The van der Waals surface area contributed by atoms with E-state index in [1.807, 2.05) is 0 Å². The van der Waals surface area contributed by atoms with Gasteiger partial charge in [-0.2, -0.15) is 0 Å². The van der Waals surface area contributed by atoms with Gasteiger partial charge in [-0.15, -0.1) is 0 Å². The number of carboxylic acids is 1. The molecule has 3 aliphatic rings. The van der Waals surface area contributed by atoms with Gasteiger partial charge in [0.25, 0.3) is 0 Å². The number of nitrogens with one attached hydrogen (secondary N) is 1. The number of benzene rings is 1. The Morgan fingerprint density at radius 3 is 2.19 bits per heavy atom. The molecule has 4 N–H and O–H groups in total. The monoisotopic (exact) mass is 442 g/mol. The molecule has 0 aromatic heterocycles. The second-order valence-corrected chi connectivity index (χ2v) is 10.6. The lowest BCUT2D eigenvalue weighted by Gasteiger charge is -2.41. The largest absolute Gasteiger partial charge is 0.481 e. The summed E-state index contributed by atoms with van der Waals surface area (Å²) in [7, 11) is 0. The molecule has 8 nitrogen and oxygen atoms in total. The lowest BCUT2D eigenvalue weighted by atomic mass is 9.80. The van der Waals surface area contributed by atoms with Crippen LogP contribution in [0.5, 0.6) is 0 Å². The Morgan fingerprint density at radius 2 is 1.69 bits per heavy atom. The third-order valence-electron chi connectivity index (χ3n) is 7.51. The molecule has 8 heteroatoms. The van der Waals surface area contributed by atoms with Crippen LogP contribution in [0.1, 0.15) is 39.2 Å². The number of carboxylic acid groups (broad SMARTS) is 1. The molecule has 1 aromatic carbocycles. The topological polar surface area (TPSA) is 116 Å². The Morgan fingerprint density at radius 1 is 1.06 bits per heavy atom. The molecule has 4 atom stereocenters. The van der Waals surface area contributed by atoms with Gasteiger partial charge >= 0.3 is 5.97 Å². The first-order chi connectivity index (χ1) is 15.0. The first kappa shape index (κ1) is 22.6. The predicted octanol–water partition coefficient (Wildman–Crippen LogP) is 1.19. The molecule has 174 valence electrons. The average Bonchev–Trinajstić information content (AvgIpc) is 3.46. The van der Waals surface area contributed by atoms with Crippen molar-refractivity contribution in [1.29, 1.82) is 0 Å². The fraction of sp³-hybridized carbons (Fsp3) is 0.625. The fourth-order valence-corrected chi connectivity index (χ4v) is 5.30. The standard InChI is InChI=1S/C24H34N4O4/c1-23(2,3)15-4-6-16(7-5-15)27-8-10-28(11-9-27)21(30)19-17(22(31)32)12-24(14-26-19)13-18(24)20(25)29/h4-7,17-19,26H,8-14H2,1-3H3,(H2,25,29)(H,31,32). The summed E-state index contributed by atoms with van der Waals surface area (Å²) in [5, 5.41) is 12.9. The normalized spacial score (nSPS) is 30.3. The van der Waals surface area contributed by atoms with E-state index in [2.05, 4.69) is 55.3 Å². The summed E-state index contributed by atoms with van der Waals surface area (Å²) in [6.07, 6.45) is 0.923. The zero-order valence-corrected chi connectivity index (χ0v) is 19.1. The molecule has 1 aromatic rings. The van der Waals surface area contributed by atoms with Gasteiger partial charge in [0.15, 0.2) is 0 Å². The molecule has 0 bridgehead atoms. The van der Waals surface area contributed by atoms with Gasteiger partial charge in [0.1, 0.15) is 6.04 Å². The van der Waals surface area contributed by atoms with Crippen molar-refractivity contribution in [2.45, 2.75) is 45.1 Å². The highest BCUT2D eigenvalue weighted by molar-refractivity contribution is 5.89. The van der Waals surface area contributed by atoms with Crippen molar-refractivity contribution >= 4 is 23.5 Å². The zero-order chi connectivity index (χ0) is 23.3. The summed E-state index contributed by atoms with van der Waals surface area (Å²) < 4.78 is 0. The quantitative estimate of drug-likeness (QED) is 0.645. The van der Waals surface area contributed by atoms with Crippen molar-refractivity contribution in [3.63, 3.8) is 0 Å². The molecule has 2 heterocycles. The third-order valence-corrected chi connectivity index (χ3v) is 7.51. The number of amides is 2. The molecule has 4 rings (SSSR count). The SMILES string of the molecule is CC(C)(C)c1ccc(N2CCN(C(=O)C3NCC4(CC3C(=O)O)CC4C(N)=O)CC2)cc1. The molecule has 2 amide bonds. The van der Waals surface area contributed by atoms with Crippen LogP contribution in [0.4, 0.5) is 5.69 Å². The average molecular weight is 443 g/mol. The summed E-state index contributed by atoms with van der Waals surface area (Å²) >= 11 is 0. The third kappa shape index (κ3) is 4.20. The minimum atomic E-state index is -0.998. The van der Waals surface area contributed by atoms with Crippen molar-refractivity contribution in [2.75, 3.05) is 37.6 Å². The number of piperazine rings is 1. The molecule has 4 unspecified atom stereocenters. The maximum absolute atomic E-state index is 13.2. The molecule has 3 fully saturated rings. The Kier molecular flexibility index (Phi) is 5.69. The molecule has 32 heavy (non-hydrogen) atoms. The lowest BCUT2D eigenvalue weighted by molar-refractivity contribution is -0.151. The van der Waals surface area contributed by atoms with Crippen LogP contribution in [-0.2, 0) is 19.8 Å². The minimum Gasteiger partial charge on any atom is -0.481 e. The number of primary amides is 1. The number of piperidine rings is 1. The molecule has 2 aliphatic heterocycles. The van der Waals surface area contributed by atoms with Gasteiger partial charge in [-0.05, 0) is 41.4 Å². The number of nitrogens with zero attached hydrogens (tertiary/aromatic N) is 2. The second kappa shape index (κ2) is 8.06. The number of hydrogen-bond donors (Lipinski definition) is 3.